The van der Waals surface area contributed by atoms with Gasteiger partial charge in [-0.3, -0.25) is 4.79 Å². The lowest BCUT2D eigenvalue weighted by molar-refractivity contribution is -0.142. The van der Waals surface area contributed by atoms with Gasteiger partial charge in [0.25, 0.3) is 5.91 Å². The van der Waals surface area contributed by atoms with Crippen LogP contribution in [0.1, 0.15) is 12.5 Å². The number of hydrogen-bond donors (Lipinski definition) is 1. The molecule has 2 aromatic carbocycles. The van der Waals surface area contributed by atoms with Gasteiger partial charge in [-0.25, -0.2) is 4.79 Å². The van der Waals surface area contributed by atoms with Crippen LogP contribution in [0.2, 0.25) is 5.02 Å². The fourth-order valence-corrected chi connectivity index (χ4v) is 2.37. The Kier molecular flexibility index (Phi) is 7.70. The molecule has 0 aromatic heterocycles. The summed E-state index contributed by atoms with van der Waals surface area (Å²) in [7, 11) is 1.55. The smallest absolute Gasteiger partial charge is 0.331 e. The molecule has 1 amide bonds. The van der Waals surface area contributed by atoms with Crippen LogP contribution >= 0.6 is 11.6 Å². The van der Waals surface area contributed by atoms with Gasteiger partial charge >= 0.3 is 5.97 Å². The van der Waals surface area contributed by atoms with Gasteiger partial charge < -0.3 is 19.5 Å². The average molecular weight is 390 g/mol. The SMILES string of the molecule is CCOc1cc(/C=C/C(=O)OCC(=O)Nc2cccc(Cl)c2)ccc1OC. The van der Waals surface area contributed by atoms with Gasteiger partial charge in [-0.05, 0) is 48.9 Å². The summed E-state index contributed by atoms with van der Waals surface area (Å²) in [6, 6.07) is 11.9. The third-order valence-electron chi connectivity index (χ3n) is 3.35. The fraction of sp³-hybridized carbons (Fsp3) is 0.200. The number of anilines is 1. The van der Waals surface area contributed by atoms with E-state index in [0.29, 0.717) is 28.8 Å². The molecule has 0 spiro atoms. The Bertz CT molecular complexity index is 835. The van der Waals surface area contributed by atoms with E-state index in [1.165, 1.54) is 6.08 Å². The summed E-state index contributed by atoms with van der Waals surface area (Å²) in [5.74, 6) is 0.0952. The molecule has 2 rings (SSSR count). The molecule has 2 aromatic rings. The van der Waals surface area contributed by atoms with Crippen molar-refractivity contribution in [2.45, 2.75) is 6.92 Å². The van der Waals surface area contributed by atoms with Crippen molar-refractivity contribution >= 4 is 35.2 Å². The number of hydrogen-bond acceptors (Lipinski definition) is 5. The quantitative estimate of drug-likeness (QED) is 0.546. The third-order valence-corrected chi connectivity index (χ3v) is 3.59. The van der Waals surface area contributed by atoms with Crippen LogP contribution in [0.25, 0.3) is 6.08 Å². The minimum atomic E-state index is -0.634. The van der Waals surface area contributed by atoms with Gasteiger partial charge in [0, 0.05) is 16.8 Å². The highest BCUT2D eigenvalue weighted by Gasteiger charge is 2.07. The number of halogens is 1. The Balaban J connectivity index is 1.87. The molecule has 0 saturated carbocycles. The first-order chi connectivity index (χ1) is 13.0. The molecule has 6 nitrogen and oxygen atoms in total. The van der Waals surface area contributed by atoms with Crippen LogP contribution < -0.4 is 14.8 Å². The lowest BCUT2D eigenvalue weighted by Gasteiger charge is -2.09. The molecule has 0 unspecified atom stereocenters. The van der Waals surface area contributed by atoms with Crippen molar-refractivity contribution < 1.29 is 23.8 Å². The standard InChI is InChI=1S/C20H20ClNO5/c1-3-26-18-11-14(7-9-17(18)25-2)8-10-20(24)27-13-19(23)22-16-6-4-5-15(21)12-16/h4-12H,3,13H2,1-2H3,(H,22,23)/b10-8+. The van der Waals surface area contributed by atoms with E-state index in [4.69, 9.17) is 25.8 Å². The predicted molar refractivity (Wildman–Crippen MR) is 104 cm³/mol. The van der Waals surface area contributed by atoms with Crippen LogP contribution in [-0.2, 0) is 14.3 Å². The van der Waals surface area contributed by atoms with Gasteiger partial charge in [-0.1, -0.05) is 23.7 Å². The minimum absolute atomic E-state index is 0.400. The topological polar surface area (TPSA) is 73.9 Å². The van der Waals surface area contributed by atoms with Crippen molar-refractivity contribution in [3.8, 4) is 11.5 Å². The first-order valence-electron chi connectivity index (χ1n) is 8.23. The Hall–Kier alpha value is -2.99. The molecule has 0 atom stereocenters. The van der Waals surface area contributed by atoms with E-state index in [1.807, 2.05) is 6.92 Å². The van der Waals surface area contributed by atoms with E-state index in [0.717, 1.165) is 5.56 Å². The van der Waals surface area contributed by atoms with Crippen LogP contribution in [0.15, 0.2) is 48.5 Å². The average Bonchev–Trinajstić information content (AvgIpc) is 2.65. The summed E-state index contributed by atoms with van der Waals surface area (Å²) in [5.41, 5.74) is 1.26. The molecule has 7 heteroatoms. The van der Waals surface area contributed by atoms with E-state index >= 15 is 0 Å². The van der Waals surface area contributed by atoms with Gasteiger partial charge in [-0.15, -0.1) is 0 Å². The van der Waals surface area contributed by atoms with E-state index in [-0.39, 0.29) is 0 Å². The summed E-state index contributed by atoms with van der Waals surface area (Å²) in [6.07, 6.45) is 2.81. The Morgan fingerprint density at radius 3 is 2.67 bits per heavy atom. The van der Waals surface area contributed by atoms with Gasteiger partial charge in [0.05, 0.1) is 13.7 Å². The zero-order valence-corrected chi connectivity index (χ0v) is 15.8. The van der Waals surface area contributed by atoms with Crippen molar-refractivity contribution in [1.82, 2.24) is 0 Å². The van der Waals surface area contributed by atoms with Gasteiger partial charge in [0.15, 0.2) is 18.1 Å². The first-order valence-corrected chi connectivity index (χ1v) is 8.60. The maximum absolute atomic E-state index is 11.8. The molecule has 0 radical (unpaired) electrons. The monoisotopic (exact) mass is 389 g/mol. The van der Waals surface area contributed by atoms with Crippen molar-refractivity contribution in [1.29, 1.82) is 0 Å². The van der Waals surface area contributed by atoms with Crippen LogP contribution in [0.3, 0.4) is 0 Å². The molecular formula is C20H20ClNO5. The van der Waals surface area contributed by atoms with Crippen LogP contribution in [0.4, 0.5) is 5.69 Å². The second-order valence-corrected chi connectivity index (χ2v) is 5.78. The molecule has 0 aliphatic carbocycles. The number of ether oxygens (including phenoxy) is 3. The number of amides is 1. The highest BCUT2D eigenvalue weighted by atomic mass is 35.5. The molecule has 27 heavy (non-hydrogen) atoms. The van der Waals surface area contributed by atoms with Crippen molar-refractivity contribution in [2.24, 2.45) is 0 Å². The summed E-state index contributed by atoms with van der Waals surface area (Å²) in [5, 5.41) is 3.09. The zero-order valence-electron chi connectivity index (χ0n) is 15.0. The molecule has 142 valence electrons. The highest BCUT2D eigenvalue weighted by molar-refractivity contribution is 6.30. The Labute approximate surface area is 162 Å². The molecule has 0 aliphatic rings. The zero-order chi connectivity index (χ0) is 19.6. The maximum atomic E-state index is 11.8. The second-order valence-electron chi connectivity index (χ2n) is 5.34. The van der Waals surface area contributed by atoms with Gasteiger partial charge in [0.2, 0.25) is 0 Å². The molecule has 0 heterocycles. The number of carbonyl (C=O) groups is 2. The highest BCUT2D eigenvalue weighted by Crippen LogP contribution is 2.28. The second kappa shape index (κ2) is 10.2. The molecule has 0 aliphatic heterocycles. The number of methoxy groups -OCH3 is 1. The maximum Gasteiger partial charge on any atom is 0.331 e. The minimum Gasteiger partial charge on any atom is -0.493 e. The number of esters is 1. The summed E-state index contributed by atoms with van der Waals surface area (Å²) >= 11 is 5.84. The van der Waals surface area contributed by atoms with Crippen molar-refractivity contribution in [2.75, 3.05) is 25.6 Å². The molecule has 0 bridgehead atoms. The number of carbonyl (C=O) groups excluding carboxylic acids is 2. The normalized spacial score (nSPS) is 10.5. The largest absolute Gasteiger partial charge is 0.493 e. The summed E-state index contributed by atoms with van der Waals surface area (Å²) < 4.78 is 15.6. The van der Waals surface area contributed by atoms with Crippen molar-refractivity contribution in [3.63, 3.8) is 0 Å². The molecule has 0 fully saturated rings. The van der Waals surface area contributed by atoms with Crippen LogP contribution in [-0.4, -0.2) is 32.2 Å². The molecule has 0 saturated heterocycles. The predicted octanol–water partition coefficient (Wildman–Crippen LogP) is 3.94. The van der Waals surface area contributed by atoms with Gasteiger partial charge in [-0.2, -0.15) is 0 Å². The van der Waals surface area contributed by atoms with E-state index in [2.05, 4.69) is 5.32 Å². The summed E-state index contributed by atoms with van der Waals surface area (Å²) in [6.45, 7) is 1.96. The molecule has 1 N–H and O–H groups in total. The van der Waals surface area contributed by atoms with Gasteiger partial charge in [0.1, 0.15) is 0 Å². The molecular weight excluding hydrogens is 370 g/mol. The summed E-state index contributed by atoms with van der Waals surface area (Å²) in [4.78, 5) is 23.6. The first kappa shape index (κ1) is 20.3. The Morgan fingerprint density at radius 2 is 1.96 bits per heavy atom. The fourth-order valence-electron chi connectivity index (χ4n) is 2.18. The van der Waals surface area contributed by atoms with Crippen LogP contribution in [0.5, 0.6) is 11.5 Å². The number of rotatable bonds is 8. The lowest BCUT2D eigenvalue weighted by atomic mass is 10.2. The van der Waals surface area contributed by atoms with E-state index < -0.39 is 18.5 Å². The third kappa shape index (κ3) is 6.67. The number of nitrogens with one attached hydrogen (secondary N) is 1. The van der Waals surface area contributed by atoms with Crippen molar-refractivity contribution in [3.05, 3.63) is 59.1 Å². The lowest BCUT2D eigenvalue weighted by Crippen LogP contribution is -2.20. The Morgan fingerprint density at radius 1 is 1.15 bits per heavy atom. The van der Waals surface area contributed by atoms with Crippen LogP contribution in [0, 0.1) is 0 Å². The number of benzene rings is 2. The van der Waals surface area contributed by atoms with E-state index in [9.17, 15) is 9.59 Å². The van der Waals surface area contributed by atoms with E-state index in [1.54, 1.807) is 55.7 Å².